The van der Waals surface area contributed by atoms with Crippen LogP contribution in [0.15, 0.2) is 30.5 Å². The van der Waals surface area contributed by atoms with Gasteiger partial charge in [0.25, 0.3) is 6.43 Å². The van der Waals surface area contributed by atoms with Crippen molar-refractivity contribution in [1.82, 2.24) is 15.1 Å². The summed E-state index contributed by atoms with van der Waals surface area (Å²) in [4.78, 5) is 24.1. The number of alkyl halides is 2. The van der Waals surface area contributed by atoms with Gasteiger partial charge in [0, 0.05) is 13.1 Å². The highest BCUT2D eigenvalue weighted by Crippen LogP contribution is 2.27. The molecule has 1 aliphatic rings. The average molecular weight is 368 g/mol. The van der Waals surface area contributed by atoms with Crippen molar-refractivity contribution < 1.29 is 27.5 Å². The van der Waals surface area contributed by atoms with Crippen molar-refractivity contribution in [2.75, 3.05) is 18.0 Å². The molecule has 1 aromatic heterocycles. The maximum absolute atomic E-state index is 14.4. The minimum Gasteiger partial charge on any atom is -0.442 e. The van der Waals surface area contributed by atoms with Gasteiger partial charge in [0.05, 0.1) is 18.8 Å². The van der Waals surface area contributed by atoms with Crippen molar-refractivity contribution >= 4 is 17.7 Å². The summed E-state index contributed by atoms with van der Waals surface area (Å²) >= 11 is 0. The summed E-state index contributed by atoms with van der Waals surface area (Å²) in [5, 5.41) is 6.25. The molecular formula is C16H15F3N4O3. The molecule has 7 nitrogen and oxygen atoms in total. The summed E-state index contributed by atoms with van der Waals surface area (Å²) in [6.45, 7) is 1.61. The van der Waals surface area contributed by atoms with Crippen LogP contribution in [0.3, 0.4) is 0 Å². The van der Waals surface area contributed by atoms with E-state index in [2.05, 4.69) is 10.4 Å². The zero-order valence-electron chi connectivity index (χ0n) is 13.7. The number of anilines is 1. The maximum Gasteiger partial charge on any atom is 0.414 e. The van der Waals surface area contributed by atoms with Gasteiger partial charge < -0.3 is 10.1 Å². The number of halogens is 3. The second kappa shape index (κ2) is 7.06. The highest BCUT2D eigenvalue weighted by Gasteiger charge is 2.33. The van der Waals surface area contributed by atoms with E-state index in [-0.39, 0.29) is 30.4 Å². The molecule has 2 amide bonds. The fourth-order valence-electron chi connectivity index (χ4n) is 2.61. The summed E-state index contributed by atoms with van der Waals surface area (Å²) in [7, 11) is 0. The SMILES string of the molecule is CC(=O)NC[C@H]1CN(c2ccc(-n3nccc3C(F)F)c(F)c2)C(=O)O1. The van der Waals surface area contributed by atoms with E-state index < -0.39 is 30.1 Å². The zero-order valence-corrected chi connectivity index (χ0v) is 13.7. The number of ether oxygens (including phenoxy) is 1. The lowest BCUT2D eigenvalue weighted by Gasteiger charge is -2.15. The molecule has 0 aliphatic carbocycles. The summed E-state index contributed by atoms with van der Waals surface area (Å²) in [5.41, 5.74) is -0.378. The van der Waals surface area contributed by atoms with Crippen molar-refractivity contribution in [3.8, 4) is 5.69 Å². The van der Waals surface area contributed by atoms with Gasteiger partial charge in [-0.05, 0) is 24.3 Å². The van der Waals surface area contributed by atoms with Gasteiger partial charge in [0.1, 0.15) is 17.5 Å². The van der Waals surface area contributed by atoms with Crippen LogP contribution in [0.5, 0.6) is 0 Å². The van der Waals surface area contributed by atoms with Crippen molar-refractivity contribution in [3.05, 3.63) is 42.0 Å². The topological polar surface area (TPSA) is 76.5 Å². The van der Waals surface area contributed by atoms with Gasteiger partial charge >= 0.3 is 6.09 Å². The van der Waals surface area contributed by atoms with Crippen LogP contribution >= 0.6 is 0 Å². The Hall–Kier alpha value is -3.04. The van der Waals surface area contributed by atoms with Gasteiger partial charge in [-0.2, -0.15) is 5.10 Å². The second-order valence-electron chi connectivity index (χ2n) is 5.66. The van der Waals surface area contributed by atoms with Crippen LogP contribution in [0.4, 0.5) is 23.7 Å². The standard InChI is InChI=1S/C16H15F3N4O3/c1-9(24)20-7-11-8-22(16(25)26-11)10-2-3-13(12(17)6-10)23-14(15(18)19)4-5-21-23/h2-6,11,15H,7-8H2,1H3,(H,20,24)/t11-/m0/s1. The molecule has 1 fully saturated rings. The number of nitrogens with zero attached hydrogens (tertiary/aromatic N) is 3. The number of benzene rings is 1. The Balaban J connectivity index is 1.80. The molecule has 0 saturated carbocycles. The monoisotopic (exact) mass is 368 g/mol. The number of rotatable bonds is 5. The molecule has 0 spiro atoms. The average Bonchev–Trinajstić information content (AvgIpc) is 3.19. The first kappa shape index (κ1) is 17.8. The number of carbonyl (C=O) groups is 2. The third-order valence-electron chi connectivity index (χ3n) is 3.82. The molecule has 138 valence electrons. The van der Waals surface area contributed by atoms with E-state index in [0.29, 0.717) is 0 Å². The summed E-state index contributed by atoms with van der Waals surface area (Å²) in [5.74, 6) is -1.07. The summed E-state index contributed by atoms with van der Waals surface area (Å²) in [6.07, 6.45) is -2.90. The first-order chi connectivity index (χ1) is 12.4. The molecule has 2 heterocycles. The van der Waals surface area contributed by atoms with Crippen molar-refractivity contribution in [2.24, 2.45) is 0 Å². The number of aromatic nitrogens is 2. The minimum absolute atomic E-state index is 0.127. The van der Waals surface area contributed by atoms with Crippen LogP contribution in [-0.4, -0.2) is 41.0 Å². The number of hydrogen-bond acceptors (Lipinski definition) is 4. The number of carbonyl (C=O) groups excluding carboxylic acids is 2. The molecule has 0 bridgehead atoms. The lowest BCUT2D eigenvalue weighted by Crippen LogP contribution is -2.33. The molecule has 0 radical (unpaired) electrons. The molecule has 2 aromatic rings. The highest BCUT2D eigenvalue weighted by atomic mass is 19.3. The van der Waals surface area contributed by atoms with Gasteiger partial charge in [-0.15, -0.1) is 0 Å². The van der Waals surface area contributed by atoms with Crippen molar-refractivity contribution in [1.29, 1.82) is 0 Å². The summed E-state index contributed by atoms with van der Waals surface area (Å²) < 4.78 is 46.3. The van der Waals surface area contributed by atoms with E-state index in [0.717, 1.165) is 23.0 Å². The Kier molecular flexibility index (Phi) is 4.83. The lowest BCUT2D eigenvalue weighted by atomic mass is 10.2. The zero-order chi connectivity index (χ0) is 18.8. The van der Waals surface area contributed by atoms with E-state index in [9.17, 15) is 22.8 Å². The third kappa shape index (κ3) is 3.48. The summed E-state index contributed by atoms with van der Waals surface area (Å²) in [6, 6.07) is 4.83. The smallest absolute Gasteiger partial charge is 0.414 e. The third-order valence-corrected chi connectivity index (χ3v) is 3.82. The Morgan fingerprint density at radius 2 is 2.19 bits per heavy atom. The lowest BCUT2D eigenvalue weighted by molar-refractivity contribution is -0.119. The predicted molar refractivity (Wildman–Crippen MR) is 84.8 cm³/mol. The van der Waals surface area contributed by atoms with Crippen LogP contribution in [0, 0.1) is 5.82 Å². The van der Waals surface area contributed by atoms with Crippen LogP contribution in [-0.2, 0) is 9.53 Å². The maximum atomic E-state index is 14.4. The Morgan fingerprint density at radius 3 is 2.85 bits per heavy atom. The highest BCUT2D eigenvalue weighted by molar-refractivity contribution is 5.90. The molecular weight excluding hydrogens is 353 g/mol. The van der Waals surface area contributed by atoms with E-state index in [1.165, 1.54) is 24.0 Å². The normalized spacial score (nSPS) is 16.9. The molecule has 1 aromatic carbocycles. The van der Waals surface area contributed by atoms with Gasteiger partial charge in [0.2, 0.25) is 5.91 Å². The van der Waals surface area contributed by atoms with Crippen LogP contribution in [0.25, 0.3) is 5.69 Å². The Bertz CT molecular complexity index is 840. The number of nitrogens with one attached hydrogen (secondary N) is 1. The van der Waals surface area contributed by atoms with Crippen LogP contribution < -0.4 is 10.2 Å². The molecule has 1 N–H and O–H groups in total. The first-order valence-corrected chi connectivity index (χ1v) is 7.71. The van der Waals surface area contributed by atoms with Gasteiger partial charge in [-0.1, -0.05) is 0 Å². The quantitative estimate of drug-likeness (QED) is 0.879. The molecule has 0 unspecified atom stereocenters. The molecule has 1 aliphatic heterocycles. The Labute approximate surface area is 146 Å². The number of hydrogen-bond donors (Lipinski definition) is 1. The van der Waals surface area contributed by atoms with E-state index in [1.54, 1.807) is 0 Å². The Morgan fingerprint density at radius 1 is 1.42 bits per heavy atom. The number of cyclic esters (lactones) is 1. The van der Waals surface area contributed by atoms with E-state index >= 15 is 0 Å². The van der Waals surface area contributed by atoms with Crippen molar-refractivity contribution in [2.45, 2.75) is 19.5 Å². The minimum atomic E-state index is -2.81. The van der Waals surface area contributed by atoms with Gasteiger partial charge in [-0.25, -0.2) is 22.6 Å². The number of amides is 2. The molecule has 1 saturated heterocycles. The van der Waals surface area contributed by atoms with E-state index in [1.807, 2.05) is 0 Å². The fraction of sp³-hybridized carbons (Fsp3) is 0.312. The van der Waals surface area contributed by atoms with E-state index in [4.69, 9.17) is 4.74 Å². The molecule has 26 heavy (non-hydrogen) atoms. The predicted octanol–water partition coefficient (Wildman–Crippen LogP) is 2.41. The molecule has 1 atom stereocenters. The second-order valence-corrected chi connectivity index (χ2v) is 5.66. The molecule has 10 heteroatoms. The van der Waals surface area contributed by atoms with Gasteiger partial charge in [-0.3, -0.25) is 9.69 Å². The van der Waals surface area contributed by atoms with Crippen LogP contribution in [0.2, 0.25) is 0 Å². The van der Waals surface area contributed by atoms with Crippen molar-refractivity contribution in [3.63, 3.8) is 0 Å². The fourth-order valence-corrected chi connectivity index (χ4v) is 2.61. The molecule has 3 rings (SSSR count). The van der Waals surface area contributed by atoms with Gasteiger partial charge in [0.15, 0.2) is 5.82 Å². The largest absolute Gasteiger partial charge is 0.442 e. The first-order valence-electron chi connectivity index (χ1n) is 7.71. The van der Waals surface area contributed by atoms with Crippen LogP contribution in [0.1, 0.15) is 19.0 Å².